The molecule has 1 aromatic rings. The minimum atomic E-state index is -1.50. The molecule has 0 spiro atoms. The third kappa shape index (κ3) is 8.45. The predicted octanol–water partition coefficient (Wildman–Crippen LogP) is -1.62. The lowest BCUT2D eigenvalue weighted by atomic mass is 10.1. The molecule has 7 N–H and O–H groups in total. The van der Waals surface area contributed by atoms with Crippen molar-refractivity contribution in [3.63, 3.8) is 0 Å². The fourth-order valence-electron chi connectivity index (χ4n) is 3.51. The second kappa shape index (κ2) is 13.3. The highest BCUT2D eigenvalue weighted by Crippen LogP contribution is 2.08. The van der Waals surface area contributed by atoms with Gasteiger partial charge in [0.15, 0.2) is 0 Å². The summed E-state index contributed by atoms with van der Waals surface area (Å²) >= 11 is 0. The first-order valence-electron chi connectivity index (χ1n) is 10.9. The summed E-state index contributed by atoms with van der Waals surface area (Å²) in [5.41, 5.74) is 0.664. The van der Waals surface area contributed by atoms with Gasteiger partial charge in [-0.25, -0.2) is 4.79 Å². The topological polar surface area (TPSA) is 194 Å². The molecule has 4 atom stereocenters. The number of aliphatic hydroxyl groups is 1. The van der Waals surface area contributed by atoms with Crippen LogP contribution in [-0.4, -0.2) is 82.3 Å². The number of carboxylic acid groups (broad SMARTS) is 2. The summed E-state index contributed by atoms with van der Waals surface area (Å²) in [5.74, 6) is -4.73. The number of aliphatic hydroxyl groups excluding tert-OH is 1. The maximum absolute atomic E-state index is 12.7. The van der Waals surface area contributed by atoms with Crippen LogP contribution in [0.1, 0.15) is 31.2 Å². The monoisotopic (exact) mass is 478 g/mol. The first-order valence-corrected chi connectivity index (χ1v) is 10.9. The number of hydrogen-bond acceptors (Lipinski definition) is 7. The second-order valence-corrected chi connectivity index (χ2v) is 7.98. The van der Waals surface area contributed by atoms with E-state index in [2.05, 4.69) is 21.3 Å². The highest BCUT2D eigenvalue weighted by Gasteiger charge is 2.31. The van der Waals surface area contributed by atoms with E-state index in [1.807, 2.05) is 0 Å². The number of carbonyl (C=O) groups excluding carboxylic acids is 3. The van der Waals surface area contributed by atoms with Crippen molar-refractivity contribution in [1.82, 2.24) is 21.3 Å². The molecule has 12 heteroatoms. The molecule has 1 fully saturated rings. The zero-order valence-electron chi connectivity index (χ0n) is 18.5. The van der Waals surface area contributed by atoms with Crippen molar-refractivity contribution < 1.29 is 39.3 Å². The third-order valence-corrected chi connectivity index (χ3v) is 5.37. The Morgan fingerprint density at radius 3 is 2.15 bits per heavy atom. The van der Waals surface area contributed by atoms with Crippen LogP contribution < -0.4 is 21.3 Å². The largest absolute Gasteiger partial charge is 0.481 e. The summed E-state index contributed by atoms with van der Waals surface area (Å²) in [6.45, 7) is -0.191. The average molecular weight is 479 g/mol. The molecule has 4 unspecified atom stereocenters. The summed E-state index contributed by atoms with van der Waals surface area (Å²) in [6, 6.07) is 4.02. The highest BCUT2D eigenvalue weighted by molar-refractivity contribution is 5.94. The molecule has 1 saturated heterocycles. The molecule has 3 amide bonds. The SMILES string of the molecule is O=C(O)CCC(NC(=O)C1CCCN1)C(=O)NC(CO)C(=O)NC(Cc1ccccc1)C(=O)O. The van der Waals surface area contributed by atoms with Gasteiger partial charge >= 0.3 is 11.9 Å². The van der Waals surface area contributed by atoms with Crippen LogP contribution in [0.5, 0.6) is 0 Å². The molecular formula is C22H30N4O8. The molecular weight excluding hydrogens is 448 g/mol. The van der Waals surface area contributed by atoms with Crippen LogP contribution in [0.25, 0.3) is 0 Å². The normalized spacial score (nSPS) is 17.7. The molecule has 34 heavy (non-hydrogen) atoms. The van der Waals surface area contributed by atoms with Gasteiger partial charge in [0.05, 0.1) is 12.6 Å². The van der Waals surface area contributed by atoms with E-state index in [1.165, 1.54) is 0 Å². The lowest BCUT2D eigenvalue weighted by molar-refractivity contribution is -0.142. The lowest BCUT2D eigenvalue weighted by Crippen LogP contribution is -2.58. The van der Waals surface area contributed by atoms with E-state index in [-0.39, 0.29) is 12.8 Å². The van der Waals surface area contributed by atoms with Crippen molar-refractivity contribution in [2.75, 3.05) is 13.2 Å². The van der Waals surface area contributed by atoms with Crippen molar-refractivity contribution in [3.05, 3.63) is 35.9 Å². The first-order chi connectivity index (χ1) is 16.2. The van der Waals surface area contributed by atoms with E-state index in [4.69, 9.17) is 5.11 Å². The Morgan fingerprint density at radius 2 is 1.59 bits per heavy atom. The van der Waals surface area contributed by atoms with Gasteiger partial charge < -0.3 is 36.6 Å². The molecule has 0 radical (unpaired) electrons. The number of nitrogens with one attached hydrogen (secondary N) is 4. The highest BCUT2D eigenvalue weighted by atomic mass is 16.4. The number of amides is 3. The Balaban J connectivity index is 2.03. The van der Waals surface area contributed by atoms with Crippen LogP contribution >= 0.6 is 0 Å². The Bertz CT molecular complexity index is 873. The van der Waals surface area contributed by atoms with Crippen LogP contribution in [0.4, 0.5) is 0 Å². The smallest absolute Gasteiger partial charge is 0.326 e. The Morgan fingerprint density at radius 1 is 0.941 bits per heavy atom. The predicted molar refractivity (Wildman–Crippen MR) is 119 cm³/mol. The first kappa shape index (κ1) is 26.7. The van der Waals surface area contributed by atoms with Crippen LogP contribution in [-0.2, 0) is 30.4 Å². The van der Waals surface area contributed by atoms with Gasteiger partial charge in [0.2, 0.25) is 17.7 Å². The Labute approximate surface area is 196 Å². The van der Waals surface area contributed by atoms with Crippen molar-refractivity contribution >= 4 is 29.7 Å². The minimum Gasteiger partial charge on any atom is -0.481 e. The van der Waals surface area contributed by atoms with Gasteiger partial charge in [-0.3, -0.25) is 19.2 Å². The molecule has 0 aromatic heterocycles. The van der Waals surface area contributed by atoms with Crippen LogP contribution in [0.3, 0.4) is 0 Å². The number of aliphatic carboxylic acids is 2. The number of rotatable bonds is 13. The zero-order chi connectivity index (χ0) is 25.1. The van der Waals surface area contributed by atoms with Gasteiger partial charge in [-0.2, -0.15) is 0 Å². The molecule has 0 bridgehead atoms. The van der Waals surface area contributed by atoms with Crippen molar-refractivity contribution in [2.24, 2.45) is 0 Å². The van der Waals surface area contributed by atoms with E-state index in [0.717, 1.165) is 6.42 Å². The second-order valence-electron chi connectivity index (χ2n) is 7.98. The third-order valence-electron chi connectivity index (χ3n) is 5.37. The molecule has 1 aromatic carbocycles. The van der Waals surface area contributed by atoms with Gasteiger partial charge in [0, 0.05) is 12.8 Å². The minimum absolute atomic E-state index is 0.0142. The number of carbonyl (C=O) groups is 5. The maximum Gasteiger partial charge on any atom is 0.326 e. The van der Waals surface area contributed by atoms with E-state index in [0.29, 0.717) is 18.5 Å². The lowest BCUT2D eigenvalue weighted by Gasteiger charge is -2.24. The van der Waals surface area contributed by atoms with E-state index in [1.54, 1.807) is 30.3 Å². The fraction of sp³-hybridized carbons (Fsp3) is 0.500. The zero-order valence-corrected chi connectivity index (χ0v) is 18.5. The molecule has 12 nitrogen and oxygen atoms in total. The summed E-state index contributed by atoms with van der Waals surface area (Å²) in [7, 11) is 0. The summed E-state index contributed by atoms with van der Waals surface area (Å²) in [6.07, 6.45) is 0.693. The van der Waals surface area contributed by atoms with Gasteiger partial charge in [0.1, 0.15) is 18.1 Å². The number of hydrogen-bond donors (Lipinski definition) is 7. The van der Waals surface area contributed by atoms with Crippen molar-refractivity contribution in [3.8, 4) is 0 Å². The molecule has 1 aliphatic rings. The van der Waals surface area contributed by atoms with E-state index >= 15 is 0 Å². The van der Waals surface area contributed by atoms with E-state index < -0.39 is 66.9 Å². The standard InChI is InChI=1S/C22H30N4O8/c27-12-17(21(32)25-16(22(33)34)11-13-5-2-1-3-6-13)26-20(31)15(8-9-18(28)29)24-19(30)14-7-4-10-23-14/h1-3,5-6,14-17,23,27H,4,7-12H2,(H,24,30)(H,25,32)(H,26,31)(H,28,29)(H,33,34). The van der Waals surface area contributed by atoms with Gasteiger partial charge in [-0.1, -0.05) is 30.3 Å². The summed E-state index contributed by atoms with van der Waals surface area (Å²) < 4.78 is 0. The Kier molecular flexibility index (Phi) is 10.4. The molecule has 2 rings (SSSR count). The molecule has 186 valence electrons. The quantitative estimate of drug-likeness (QED) is 0.174. The maximum atomic E-state index is 12.7. The molecule has 0 aliphatic carbocycles. The number of benzene rings is 1. The van der Waals surface area contributed by atoms with Crippen molar-refractivity contribution in [2.45, 2.75) is 56.3 Å². The average Bonchev–Trinajstić information content (AvgIpc) is 3.35. The van der Waals surface area contributed by atoms with Crippen LogP contribution in [0, 0.1) is 0 Å². The van der Waals surface area contributed by atoms with Crippen molar-refractivity contribution in [1.29, 1.82) is 0 Å². The Hall–Kier alpha value is -3.51. The molecule has 0 saturated carbocycles. The molecule has 1 heterocycles. The van der Waals surface area contributed by atoms with Gasteiger partial charge in [-0.15, -0.1) is 0 Å². The van der Waals surface area contributed by atoms with Crippen LogP contribution in [0.15, 0.2) is 30.3 Å². The molecule has 1 aliphatic heterocycles. The number of carboxylic acids is 2. The summed E-state index contributed by atoms with van der Waals surface area (Å²) in [4.78, 5) is 60.3. The van der Waals surface area contributed by atoms with E-state index in [9.17, 15) is 34.2 Å². The van der Waals surface area contributed by atoms with Crippen LogP contribution in [0.2, 0.25) is 0 Å². The van der Waals surface area contributed by atoms with Gasteiger partial charge in [-0.05, 0) is 31.4 Å². The fourth-order valence-corrected chi connectivity index (χ4v) is 3.51. The summed E-state index contributed by atoms with van der Waals surface area (Å²) in [5, 5.41) is 38.1. The van der Waals surface area contributed by atoms with Gasteiger partial charge in [0.25, 0.3) is 0 Å².